The van der Waals surface area contributed by atoms with Crippen molar-refractivity contribution in [2.24, 2.45) is 0 Å². The van der Waals surface area contributed by atoms with Crippen LogP contribution in [0, 0.1) is 12.3 Å². The Hall–Kier alpha value is -0.880. The molecule has 2 rings (SSSR count). The van der Waals surface area contributed by atoms with E-state index < -0.39 is 0 Å². The molecule has 0 aliphatic heterocycles. The first kappa shape index (κ1) is 16.2. The molecule has 0 bridgehead atoms. The van der Waals surface area contributed by atoms with Crippen LogP contribution in [0.2, 0.25) is 5.02 Å². The standard InChI is InChI=1S/C15H18ClNO.ClH/c1-2-9-18-15-8-7-13(16)10-12(15)11-17-14-5-3-4-6-14;/h1,7-8,10,14,17H,3-6,9,11H2;1H. The molecule has 1 aliphatic rings. The Morgan fingerprint density at radius 3 is 2.79 bits per heavy atom. The van der Waals surface area contributed by atoms with Crippen LogP contribution in [0.15, 0.2) is 18.2 Å². The van der Waals surface area contributed by atoms with E-state index >= 15 is 0 Å². The van der Waals surface area contributed by atoms with E-state index in [1.165, 1.54) is 25.7 Å². The van der Waals surface area contributed by atoms with Crippen molar-refractivity contribution in [2.75, 3.05) is 6.61 Å². The van der Waals surface area contributed by atoms with Gasteiger partial charge in [-0.15, -0.1) is 18.8 Å². The molecule has 1 aliphatic carbocycles. The van der Waals surface area contributed by atoms with Crippen molar-refractivity contribution in [3.63, 3.8) is 0 Å². The second kappa shape index (κ2) is 8.32. The molecular formula is C15H19Cl2NO. The summed E-state index contributed by atoms with van der Waals surface area (Å²) in [5, 5.41) is 4.28. The van der Waals surface area contributed by atoms with Crippen LogP contribution in [-0.2, 0) is 6.54 Å². The number of benzene rings is 1. The van der Waals surface area contributed by atoms with Crippen molar-refractivity contribution >= 4 is 24.0 Å². The van der Waals surface area contributed by atoms with Gasteiger partial charge < -0.3 is 10.1 Å². The zero-order chi connectivity index (χ0) is 12.8. The Morgan fingerprint density at radius 1 is 1.37 bits per heavy atom. The molecule has 1 saturated carbocycles. The fraction of sp³-hybridized carbons (Fsp3) is 0.467. The number of rotatable bonds is 5. The van der Waals surface area contributed by atoms with Crippen molar-refractivity contribution < 1.29 is 4.74 Å². The summed E-state index contributed by atoms with van der Waals surface area (Å²) in [6.45, 7) is 1.07. The van der Waals surface area contributed by atoms with E-state index in [0.29, 0.717) is 6.04 Å². The Kier molecular flexibility index (Phi) is 7.09. The lowest BCUT2D eigenvalue weighted by molar-refractivity contribution is 0.363. The Labute approximate surface area is 126 Å². The van der Waals surface area contributed by atoms with E-state index in [1.54, 1.807) is 0 Å². The number of hydrogen-bond donors (Lipinski definition) is 1. The molecule has 0 atom stereocenters. The van der Waals surface area contributed by atoms with Gasteiger partial charge in [0.2, 0.25) is 0 Å². The first-order chi connectivity index (χ1) is 8.79. The highest BCUT2D eigenvalue weighted by atomic mass is 35.5. The summed E-state index contributed by atoms with van der Waals surface area (Å²) in [7, 11) is 0. The second-order valence-electron chi connectivity index (χ2n) is 4.61. The predicted octanol–water partition coefficient (Wildman–Crippen LogP) is 3.81. The monoisotopic (exact) mass is 299 g/mol. The maximum atomic E-state index is 6.02. The van der Waals surface area contributed by atoms with E-state index in [0.717, 1.165) is 22.9 Å². The summed E-state index contributed by atoms with van der Waals surface area (Å²) in [6.07, 6.45) is 10.4. The number of nitrogens with one attached hydrogen (secondary N) is 1. The first-order valence-corrected chi connectivity index (χ1v) is 6.75. The van der Waals surface area contributed by atoms with E-state index in [2.05, 4.69) is 11.2 Å². The van der Waals surface area contributed by atoms with Crippen molar-refractivity contribution in [3.8, 4) is 18.1 Å². The SMILES string of the molecule is C#CCOc1ccc(Cl)cc1CNC1CCCC1.Cl. The van der Waals surface area contributed by atoms with Crippen LogP contribution in [0.25, 0.3) is 0 Å². The molecule has 4 heteroatoms. The molecule has 1 fully saturated rings. The van der Waals surface area contributed by atoms with Gasteiger partial charge >= 0.3 is 0 Å². The van der Waals surface area contributed by atoms with Gasteiger partial charge in [0.15, 0.2) is 0 Å². The van der Waals surface area contributed by atoms with Gasteiger partial charge in [0, 0.05) is 23.2 Å². The highest BCUT2D eigenvalue weighted by Gasteiger charge is 2.15. The summed E-state index contributed by atoms with van der Waals surface area (Å²) in [6, 6.07) is 6.28. The van der Waals surface area contributed by atoms with Gasteiger partial charge in [0.05, 0.1) is 0 Å². The number of ether oxygens (including phenoxy) is 1. The topological polar surface area (TPSA) is 21.3 Å². The molecule has 0 amide bonds. The van der Waals surface area contributed by atoms with Crippen LogP contribution in [0.1, 0.15) is 31.2 Å². The quantitative estimate of drug-likeness (QED) is 0.835. The number of hydrogen-bond acceptors (Lipinski definition) is 2. The average molecular weight is 300 g/mol. The zero-order valence-corrected chi connectivity index (χ0v) is 12.4. The van der Waals surface area contributed by atoms with Crippen molar-refractivity contribution in [3.05, 3.63) is 28.8 Å². The molecule has 19 heavy (non-hydrogen) atoms. The maximum absolute atomic E-state index is 6.02. The number of terminal acetylenes is 1. The third-order valence-corrected chi connectivity index (χ3v) is 3.50. The molecule has 104 valence electrons. The summed E-state index contributed by atoms with van der Waals surface area (Å²) >= 11 is 6.02. The fourth-order valence-corrected chi connectivity index (χ4v) is 2.53. The third-order valence-electron chi connectivity index (χ3n) is 3.27. The summed E-state index contributed by atoms with van der Waals surface area (Å²) in [5.41, 5.74) is 1.07. The van der Waals surface area contributed by atoms with Gasteiger partial charge in [0.1, 0.15) is 12.4 Å². The van der Waals surface area contributed by atoms with Crippen molar-refractivity contribution in [1.82, 2.24) is 5.32 Å². The molecule has 1 aromatic rings. The molecular weight excluding hydrogens is 281 g/mol. The molecule has 0 spiro atoms. The summed E-state index contributed by atoms with van der Waals surface area (Å²) < 4.78 is 5.52. The highest BCUT2D eigenvalue weighted by Crippen LogP contribution is 2.24. The molecule has 0 heterocycles. The van der Waals surface area contributed by atoms with E-state index in [9.17, 15) is 0 Å². The van der Waals surface area contributed by atoms with Crippen LogP contribution < -0.4 is 10.1 Å². The lowest BCUT2D eigenvalue weighted by Gasteiger charge is -2.14. The van der Waals surface area contributed by atoms with Gasteiger partial charge in [-0.2, -0.15) is 0 Å². The van der Waals surface area contributed by atoms with Crippen molar-refractivity contribution in [1.29, 1.82) is 0 Å². The fourth-order valence-electron chi connectivity index (χ4n) is 2.33. The molecule has 0 unspecified atom stereocenters. The zero-order valence-electron chi connectivity index (χ0n) is 10.8. The minimum Gasteiger partial charge on any atom is -0.481 e. The lowest BCUT2D eigenvalue weighted by atomic mass is 10.1. The highest BCUT2D eigenvalue weighted by molar-refractivity contribution is 6.30. The van der Waals surface area contributed by atoms with Gasteiger partial charge in [-0.1, -0.05) is 30.4 Å². The van der Waals surface area contributed by atoms with Gasteiger partial charge in [0.25, 0.3) is 0 Å². The average Bonchev–Trinajstić information content (AvgIpc) is 2.88. The summed E-state index contributed by atoms with van der Waals surface area (Å²) in [4.78, 5) is 0. The van der Waals surface area contributed by atoms with E-state index in [1.807, 2.05) is 18.2 Å². The molecule has 2 nitrogen and oxygen atoms in total. The molecule has 0 saturated heterocycles. The van der Waals surface area contributed by atoms with Gasteiger partial charge in [-0.3, -0.25) is 0 Å². The number of halogens is 2. The maximum Gasteiger partial charge on any atom is 0.148 e. The summed E-state index contributed by atoms with van der Waals surface area (Å²) in [5.74, 6) is 3.30. The largest absolute Gasteiger partial charge is 0.481 e. The van der Waals surface area contributed by atoms with Crippen LogP contribution >= 0.6 is 24.0 Å². The first-order valence-electron chi connectivity index (χ1n) is 6.37. The molecule has 0 aromatic heterocycles. The molecule has 1 N–H and O–H groups in total. The Morgan fingerprint density at radius 2 is 2.11 bits per heavy atom. The van der Waals surface area contributed by atoms with Crippen LogP contribution in [0.4, 0.5) is 0 Å². The van der Waals surface area contributed by atoms with Crippen LogP contribution in [-0.4, -0.2) is 12.6 Å². The minimum atomic E-state index is 0. The minimum absolute atomic E-state index is 0. The third kappa shape index (κ3) is 4.95. The molecule has 1 aromatic carbocycles. The van der Waals surface area contributed by atoms with Gasteiger partial charge in [-0.25, -0.2) is 0 Å². The van der Waals surface area contributed by atoms with E-state index in [-0.39, 0.29) is 19.0 Å². The van der Waals surface area contributed by atoms with E-state index in [4.69, 9.17) is 22.8 Å². The Balaban J connectivity index is 0.00000180. The van der Waals surface area contributed by atoms with Gasteiger partial charge in [-0.05, 0) is 31.0 Å². The van der Waals surface area contributed by atoms with Crippen LogP contribution in [0.3, 0.4) is 0 Å². The van der Waals surface area contributed by atoms with Crippen LogP contribution in [0.5, 0.6) is 5.75 Å². The second-order valence-corrected chi connectivity index (χ2v) is 5.04. The lowest BCUT2D eigenvalue weighted by Crippen LogP contribution is -2.25. The van der Waals surface area contributed by atoms with Crippen molar-refractivity contribution in [2.45, 2.75) is 38.3 Å². The normalized spacial score (nSPS) is 14.7. The predicted molar refractivity (Wildman–Crippen MR) is 82.1 cm³/mol. The smallest absolute Gasteiger partial charge is 0.148 e. The molecule has 0 radical (unpaired) electrons. The Bertz CT molecular complexity index is 436.